The third kappa shape index (κ3) is 1.95. The predicted molar refractivity (Wildman–Crippen MR) is 52.0 cm³/mol. The number of hydrogen-bond acceptors (Lipinski definition) is 3. The molecule has 0 aliphatic rings. The van der Waals surface area contributed by atoms with Gasteiger partial charge in [0.25, 0.3) is 0 Å². The summed E-state index contributed by atoms with van der Waals surface area (Å²) in [6.07, 6.45) is 0. The molecular weight excluding hydrogens is 188 g/mol. The lowest BCUT2D eigenvalue weighted by Gasteiger charge is -2.09. The van der Waals surface area contributed by atoms with Crippen LogP contribution in [0.2, 0.25) is 0 Å². The number of methoxy groups -OCH3 is 3. The van der Waals surface area contributed by atoms with Gasteiger partial charge in [-0.25, -0.2) is 0 Å². The van der Waals surface area contributed by atoms with Gasteiger partial charge in [-0.05, 0) is 0 Å². The van der Waals surface area contributed by atoms with Crippen molar-refractivity contribution in [1.29, 1.82) is 0 Å². The zero-order valence-corrected chi connectivity index (χ0v) is 8.60. The third-order valence-corrected chi connectivity index (χ3v) is 2.07. The van der Waals surface area contributed by atoms with Gasteiger partial charge in [0.2, 0.25) is 0 Å². The lowest BCUT2D eigenvalue weighted by molar-refractivity contribution is 0.362. The first kappa shape index (κ1) is 9.92. The molecule has 0 N–H and O–H groups in total. The van der Waals surface area contributed by atoms with Crippen LogP contribution in [0.3, 0.4) is 0 Å². The minimum Gasteiger partial charge on any atom is -0.496 e. The summed E-state index contributed by atoms with van der Waals surface area (Å²) in [7, 11) is 4.70. The minimum atomic E-state index is 0.561. The lowest BCUT2D eigenvalue weighted by atomic mass is 10.3. The average molecular weight is 199 g/mol. The fourth-order valence-electron chi connectivity index (χ4n) is 0.974. The summed E-state index contributed by atoms with van der Waals surface area (Å²) < 4.78 is 15.2. The molecule has 0 aliphatic carbocycles. The molecule has 0 atom stereocenters. The zero-order valence-electron chi connectivity index (χ0n) is 7.79. The standard InChI is InChI=1S/C9H11O3S/c1-10-6-4-7(11-2)9(13)8(5-6)12-3/h4-5H,1-3H3. The highest BCUT2D eigenvalue weighted by Crippen LogP contribution is 2.36. The van der Waals surface area contributed by atoms with Crippen molar-refractivity contribution in [2.45, 2.75) is 4.90 Å². The minimum absolute atomic E-state index is 0.561. The topological polar surface area (TPSA) is 27.7 Å². The second-order valence-corrected chi connectivity index (χ2v) is 2.77. The van der Waals surface area contributed by atoms with Crippen LogP contribution < -0.4 is 14.2 Å². The van der Waals surface area contributed by atoms with Crippen LogP contribution in [-0.4, -0.2) is 21.3 Å². The molecule has 0 saturated heterocycles. The summed E-state index contributed by atoms with van der Waals surface area (Å²) in [4.78, 5) is 0.561. The Morgan fingerprint density at radius 3 is 1.69 bits per heavy atom. The van der Waals surface area contributed by atoms with Crippen LogP contribution in [0.5, 0.6) is 17.2 Å². The Bertz CT molecular complexity index is 274. The van der Waals surface area contributed by atoms with Crippen LogP contribution in [0.4, 0.5) is 0 Å². The van der Waals surface area contributed by atoms with Gasteiger partial charge in [-0.15, -0.1) is 0 Å². The summed E-state index contributed by atoms with van der Waals surface area (Å²) in [6, 6.07) is 3.45. The number of rotatable bonds is 3. The van der Waals surface area contributed by atoms with Crippen LogP contribution >= 0.6 is 12.6 Å². The highest BCUT2D eigenvalue weighted by molar-refractivity contribution is 7.80. The molecule has 0 amide bonds. The molecule has 13 heavy (non-hydrogen) atoms. The van der Waals surface area contributed by atoms with Gasteiger partial charge in [0, 0.05) is 12.1 Å². The highest BCUT2D eigenvalue weighted by atomic mass is 32.1. The summed E-state index contributed by atoms with van der Waals surface area (Å²) in [5.41, 5.74) is 0. The molecule has 3 nitrogen and oxygen atoms in total. The van der Waals surface area contributed by atoms with Gasteiger partial charge in [-0.1, -0.05) is 12.6 Å². The Morgan fingerprint density at radius 1 is 0.923 bits per heavy atom. The maximum Gasteiger partial charge on any atom is 0.144 e. The van der Waals surface area contributed by atoms with E-state index in [0.717, 1.165) is 0 Å². The Morgan fingerprint density at radius 2 is 1.38 bits per heavy atom. The smallest absolute Gasteiger partial charge is 0.144 e. The molecule has 0 fully saturated rings. The van der Waals surface area contributed by atoms with E-state index < -0.39 is 0 Å². The van der Waals surface area contributed by atoms with Crippen molar-refractivity contribution in [2.75, 3.05) is 21.3 Å². The van der Waals surface area contributed by atoms with Gasteiger partial charge in [-0.3, -0.25) is 0 Å². The monoisotopic (exact) mass is 199 g/mol. The van der Waals surface area contributed by atoms with Crippen LogP contribution in [-0.2, 0) is 0 Å². The van der Waals surface area contributed by atoms with Crippen LogP contribution in [0.1, 0.15) is 0 Å². The first-order valence-corrected chi connectivity index (χ1v) is 4.10. The highest BCUT2D eigenvalue weighted by Gasteiger charge is 2.09. The first-order chi connectivity index (χ1) is 6.22. The fourth-order valence-corrected chi connectivity index (χ4v) is 1.26. The molecule has 0 spiro atoms. The van der Waals surface area contributed by atoms with Gasteiger partial charge in [0.1, 0.15) is 22.1 Å². The van der Waals surface area contributed by atoms with Gasteiger partial charge < -0.3 is 14.2 Å². The molecular formula is C9H11O3S. The van der Waals surface area contributed by atoms with Crippen molar-refractivity contribution >= 4 is 12.6 Å². The molecule has 0 aliphatic heterocycles. The summed E-state index contributed by atoms with van der Waals surface area (Å²) >= 11 is 5.09. The van der Waals surface area contributed by atoms with Gasteiger partial charge in [-0.2, -0.15) is 0 Å². The molecule has 1 aromatic rings. The maximum atomic E-state index is 5.09. The van der Waals surface area contributed by atoms with E-state index in [9.17, 15) is 0 Å². The van der Waals surface area contributed by atoms with Crippen LogP contribution in [0, 0.1) is 0 Å². The third-order valence-electron chi connectivity index (χ3n) is 1.67. The molecule has 0 saturated carbocycles. The van der Waals surface area contributed by atoms with E-state index >= 15 is 0 Å². The molecule has 71 valence electrons. The van der Waals surface area contributed by atoms with E-state index in [0.29, 0.717) is 22.1 Å². The van der Waals surface area contributed by atoms with Crippen molar-refractivity contribution < 1.29 is 14.2 Å². The van der Waals surface area contributed by atoms with E-state index in [1.807, 2.05) is 0 Å². The van der Waals surface area contributed by atoms with E-state index in [1.165, 1.54) is 0 Å². The fraction of sp³-hybridized carbons (Fsp3) is 0.333. The van der Waals surface area contributed by atoms with Gasteiger partial charge >= 0.3 is 0 Å². The molecule has 0 aromatic heterocycles. The zero-order chi connectivity index (χ0) is 9.84. The van der Waals surface area contributed by atoms with E-state index in [-0.39, 0.29) is 0 Å². The maximum absolute atomic E-state index is 5.09. The normalized spacial score (nSPS) is 9.46. The Hall–Kier alpha value is -1.16. The second kappa shape index (κ2) is 4.18. The van der Waals surface area contributed by atoms with Gasteiger partial charge in [0.05, 0.1) is 21.3 Å². The molecule has 1 aromatic carbocycles. The Labute approximate surface area is 83.0 Å². The Kier molecular flexibility index (Phi) is 3.19. The predicted octanol–water partition coefficient (Wildman–Crippen LogP) is 2.27. The van der Waals surface area contributed by atoms with Crippen molar-refractivity contribution in [2.24, 2.45) is 0 Å². The second-order valence-electron chi connectivity index (χ2n) is 2.36. The summed E-state index contributed by atoms with van der Waals surface area (Å²) in [5, 5.41) is 0. The average Bonchev–Trinajstić information content (AvgIpc) is 2.18. The lowest BCUT2D eigenvalue weighted by Crippen LogP contribution is -1.92. The van der Waals surface area contributed by atoms with Crippen molar-refractivity contribution in [3.8, 4) is 17.2 Å². The largest absolute Gasteiger partial charge is 0.496 e. The van der Waals surface area contributed by atoms with Gasteiger partial charge in [0.15, 0.2) is 0 Å². The molecule has 0 unspecified atom stereocenters. The van der Waals surface area contributed by atoms with Crippen LogP contribution in [0.25, 0.3) is 0 Å². The molecule has 4 heteroatoms. The van der Waals surface area contributed by atoms with E-state index in [2.05, 4.69) is 0 Å². The van der Waals surface area contributed by atoms with E-state index in [4.69, 9.17) is 26.8 Å². The first-order valence-electron chi connectivity index (χ1n) is 3.70. The molecule has 0 bridgehead atoms. The number of benzene rings is 1. The van der Waals surface area contributed by atoms with Crippen molar-refractivity contribution in [3.63, 3.8) is 0 Å². The molecule has 1 rings (SSSR count). The number of ether oxygens (including phenoxy) is 3. The SMILES string of the molecule is COc1cc(OC)c([S])c(OC)c1. The Balaban J connectivity index is 3.20. The quantitative estimate of drug-likeness (QED) is 0.747. The van der Waals surface area contributed by atoms with Crippen molar-refractivity contribution in [3.05, 3.63) is 12.1 Å². The summed E-state index contributed by atoms with van der Waals surface area (Å²) in [5.74, 6) is 1.85. The van der Waals surface area contributed by atoms with Crippen LogP contribution in [0.15, 0.2) is 17.0 Å². The molecule has 0 heterocycles. The molecule has 1 radical (unpaired) electrons. The van der Waals surface area contributed by atoms with Crippen molar-refractivity contribution in [1.82, 2.24) is 0 Å². The summed E-state index contributed by atoms with van der Waals surface area (Å²) in [6.45, 7) is 0. The number of hydrogen-bond donors (Lipinski definition) is 0. The van der Waals surface area contributed by atoms with E-state index in [1.54, 1.807) is 33.5 Å².